The molecule has 0 amide bonds. The van der Waals surface area contributed by atoms with E-state index in [1.807, 2.05) is 20.0 Å². The summed E-state index contributed by atoms with van der Waals surface area (Å²) in [5.41, 5.74) is 1.09. The van der Waals surface area contributed by atoms with Crippen LogP contribution in [0.1, 0.15) is 52.5 Å². The van der Waals surface area contributed by atoms with Gasteiger partial charge in [-0.1, -0.05) is 26.7 Å². The summed E-state index contributed by atoms with van der Waals surface area (Å²) >= 11 is 0. The SMILES string of the molecule is CCNc1ncc(C)c(NC(C)CCCC(C)C)n1. The molecule has 1 aromatic rings. The molecular formula is C15H28N4. The van der Waals surface area contributed by atoms with Crippen LogP contribution in [0.15, 0.2) is 6.20 Å². The van der Waals surface area contributed by atoms with Crippen molar-refractivity contribution in [2.45, 2.75) is 59.9 Å². The van der Waals surface area contributed by atoms with E-state index < -0.39 is 0 Å². The summed E-state index contributed by atoms with van der Waals surface area (Å²) in [5.74, 6) is 2.43. The second kappa shape index (κ2) is 7.97. The van der Waals surface area contributed by atoms with E-state index in [9.17, 15) is 0 Å². The molecule has 1 aromatic heterocycles. The van der Waals surface area contributed by atoms with Crippen LogP contribution >= 0.6 is 0 Å². The first-order valence-electron chi connectivity index (χ1n) is 7.37. The van der Waals surface area contributed by atoms with Crippen molar-refractivity contribution in [1.29, 1.82) is 0 Å². The molecule has 4 nitrogen and oxygen atoms in total. The van der Waals surface area contributed by atoms with Crippen molar-refractivity contribution in [2.24, 2.45) is 5.92 Å². The van der Waals surface area contributed by atoms with E-state index in [0.29, 0.717) is 12.0 Å². The van der Waals surface area contributed by atoms with Gasteiger partial charge in [0.05, 0.1) is 0 Å². The molecule has 0 bridgehead atoms. The fraction of sp³-hybridized carbons (Fsp3) is 0.733. The van der Waals surface area contributed by atoms with Crippen LogP contribution in [0.2, 0.25) is 0 Å². The minimum absolute atomic E-state index is 0.446. The summed E-state index contributed by atoms with van der Waals surface area (Å²) in [7, 11) is 0. The van der Waals surface area contributed by atoms with Crippen molar-refractivity contribution in [3.05, 3.63) is 11.8 Å². The third-order valence-electron chi connectivity index (χ3n) is 3.11. The number of aromatic nitrogens is 2. The van der Waals surface area contributed by atoms with E-state index in [4.69, 9.17) is 0 Å². The lowest BCUT2D eigenvalue weighted by Crippen LogP contribution is -2.18. The Morgan fingerprint density at radius 1 is 1.21 bits per heavy atom. The van der Waals surface area contributed by atoms with E-state index in [-0.39, 0.29) is 0 Å². The van der Waals surface area contributed by atoms with E-state index in [0.717, 1.165) is 23.8 Å². The zero-order valence-corrected chi connectivity index (χ0v) is 13.0. The van der Waals surface area contributed by atoms with Crippen molar-refractivity contribution >= 4 is 11.8 Å². The fourth-order valence-electron chi connectivity index (χ4n) is 1.97. The minimum atomic E-state index is 0.446. The average molecular weight is 264 g/mol. The van der Waals surface area contributed by atoms with Crippen molar-refractivity contribution in [1.82, 2.24) is 9.97 Å². The predicted octanol–water partition coefficient (Wildman–Crippen LogP) is 3.84. The van der Waals surface area contributed by atoms with Gasteiger partial charge in [-0.3, -0.25) is 0 Å². The zero-order chi connectivity index (χ0) is 14.3. The first-order valence-corrected chi connectivity index (χ1v) is 7.37. The molecule has 0 spiro atoms. The summed E-state index contributed by atoms with van der Waals surface area (Å²) in [6, 6.07) is 0.446. The van der Waals surface area contributed by atoms with E-state index in [1.165, 1.54) is 19.3 Å². The van der Waals surface area contributed by atoms with E-state index in [1.54, 1.807) is 0 Å². The number of nitrogens with one attached hydrogen (secondary N) is 2. The smallest absolute Gasteiger partial charge is 0.224 e. The molecule has 0 aliphatic rings. The van der Waals surface area contributed by atoms with Crippen molar-refractivity contribution in [2.75, 3.05) is 17.2 Å². The quantitative estimate of drug-likeness (QED) is 0.749. The summed E-state index contributed by atoms with van der Waals surface area (Å²) < 4.78 is 0. The Morgan fingerprint density at radius 3 is 2.58 bits per heavy atom. The highest BCUT2D eigenvalue weighted by molar-refractivity contribution is 5.46. The fourth-order valence-corrected chi connectivity index (χ4v) is 1.97. The van der Waals surface area contributed by atoms with Gasteiger partial charge in [-0.25, -0.2) is 4.98 Å². The number of aryl methyl sites for hydroxylation is 1. The highest BCUT2D eigenvalue weighted by atomic mass is 15.1. The van der Waals surface area contributed by atoms with Gasteiger partial charge < -0.3 is 10.6 Å². The summed E-state index contributed by atoms with van der Waals surface area (Å²) in [6.45, 7) is 11.7. The average Bonchev–Trinajstić information content (AvgIpc) is 2.33. The van der Waals surface area contributed by atoms with Crippen LogP contribution < -0.4 is 10.6 Å². The van der Waals surface area contributed by atoms with E-state index >= 15 is 0 Å². The van der Waals surface area contributed by atoms with Crippen LogP contribution in [0, 0.1) is 12.8 Å². The second-order valence-corrected chi connectivity index (χ2v) is 5.63. The Bertz CT molecular complexity index is 376. The largest absolute Gasteiger partial charge is 0.367 e. The molecular weight excluding hydrogens is 236 g/mol. The molecule has 0 radical (unpaired) electrons. The molecule has 1 rings (SSSR count). The number of hydrogen-bond acceptors (Lipinski definition) is 4. The van der Waals surface area contributed by atoms with Crippen LogP contribution in [0.4, 0.5) is 11.8 Å². The molecule has 2 N–H and O–H groups in total. The Kier molecular flexibility index (Phi) is 6.60. The molecule has 0 aromatic carbocycles. The minimum Gasteiger partial charge on any atom is -0.367 e. The highest BCUT2D eigenvalue weighted by Crippen LogP contribution is 2.16. The molecule has 1 heterocycles. The van der Waals surface area contributed by atoms with Gasteiger partial charge in [0, 0.05) is 24.3 Å². The molecule has 0 saturated carbocycles. The molecule has 4 heteroatoms. The molecule has 0 aliphatic carbocycles. The van der Waals surface area contributed by atoms with Crippen LogP contribution in [-0.2, 0) is 0 Å². The van der Waals surface area contributed by atoms with Crippen LogP contribution in [0.25, 0.3) is 0 Å². The number of anilines is 2. The van der Waals surface area contributed by atoms with Gasteiger partial charge in [0.25, 0.3) is 0 Å². The Labute approximate surface area is 117 Å². The first kappa shape index (κ1) is 15.7. The van der Waals surface area contributed by atoms with Crippen LogP contribution in [-0.4, -0.2) is 22.6 Å². The van der Waals surface area contributed by atoms with Crippen LogP contribution in [0.3, 0.4) is 0 Å². The molecule has 0 fully saturated rings. The predicted molar refractivity (Wildman–Crippen MR) is 82.7 cm³/mol. The zero-order valence-electron chi connectivity index (χ0n) is 13.0. The lowest BCUT2D eigenvalue weighted by Gasteiger charge is -2.17. The number of hydrogen-bond donors (Lipinski definition) is 2. The maximum atomic E-state index is 4.51. The van der Waals surface area contributed by atoms with Gasteiger partial charge in [0.2, 0.25) is 5.95 Å². The summed E-state index contributed by atoms with van der Waals surface area (Å²) in [6.07, 6.45) is 5.60. The van der Waals surface area contributed by atoms with E-state index in [2.05, 4.69) is 41.4 Å². The number of rotatable bonds is 8. The lowest BCUT2D eigenvalue weighted by atomic mass is 10.0. The molecule has 0 saturated heterocycles. The lowest BCUT2D eigenvalue weighted by molar-refractivity contribution is 0.520. The Morgan fingerprint density at radius 2 is 1.95 bits per heavy atom. The number of nitrogens with zero attached hydrogens (tertiary/aromatic N) is 2. The van der Waals surface area contributed by atoms with Crippen molar-refractivity contribution in [3.63, 3.8) is 0 Å². The Hall–Kier alpha value is -1.32. The maximum absolute atomic E-state index is 4.51. The summed E-state index contributed by atoms with van der Waals surface area (Å²) in [5, 5.41) is 6.64. The molecule has 19 heavy (non-hydrogen) atoms. The third-order valence-corrected chi connectivity index (χ3v) is 3.11. The Balaban J connectivity index is 2.52. The van der Waals surface area contributed by atoms with Gasteiger partial charge in [-0.2, -0.15) is 4.98 Å². The standard InChI is InChI=1S/C15H28N4/c1-6-16-15-17-10-12(4)14(19-15)18-13(5)9-7-8-11(2)3/h10-11,13H,6-9H2,1-5H3,(H2,16,17,18,19). The van der Waals surface area contributed by atoms with Gasteiger partial charge in [-0.15, -0.1) is 0 Å². The molecule has 1 unspecified atom stereocenters. The molecule has 0 aliphatic heterocycles. The highest BCUT2D eigenvalue weighted by Gasteiger charge is 2.07. The van der Waals surface area contributed by atoms with Crippen molar-refractivity contribution in [3.8, 4) is 0 Å². The summed E-state index contributed by atoms with van der Waals surface area (Å²) in [4.78, 5) is 8.77. The van der Waals surface area contributed by atoms with Crippen molar-refractivity contribution < 1.29 is 0 Å². The van der Waals surface area contributed by atoms with Gasteiger partial charge in [-0.05, 0) is 33.1 Å². The normalized spacial score (nSPS) is 12.5. The second-order valence-electron chi connectivity index (χ2n) is 5.63. The third kappa shape index (κ3) is 5.90. The van der Waals surface area contributed by atoms with Crippen LogP contribution in [0.5, 0.6) is 0 Å². The van der Waals surface area contributed by atoms with Gasteiger partial charge in [0.15, 0.2) is 0 Å². The topological polar surface area (TPSA) is 49.8 Å². The molecule has 1 atom stereocenters. The molecule has 108 valence electrons. The van der Waals surface area contributed by atoms with Gasteiger partial charge in [0.1, 0.15) is 5.82 Å². The first-order chi connectivity index (χ1) is 9.02. The monoisotopic (exact) mass is 264 g/mol. The maximum Gasteiger partial charge on any atom is 0.224 e. The van der Waals surface area contributed by atoms with Gasteiger partial charge >= 0.3 is 0 Å².